The van der Waals surface area contributed by atoms with Gasteiger partial charge < -0.3 is 0 Å². The number of Topliss-reactive ketones (excluding diaryl/α,β-unsaturated/α-hetero) is 1. The van der Waals surface area contributed by atoms with Crippen LogP contribution in [0.3, 0.4) is 0 Å². The van der Waals surface area contributed by atoms with Crippen LogP contribution in [0.1, 0.15) is 27.9 Å². The highest BCUT2D eigenvalue weighted by molar-refractivity contribution is 6.30. The van der Waals surface area contributed by atoms with Gasteiger partial charge in [-0.25, -0.2) is 0 Å². The van der Waals surface area contributed by atoms with E-state index in [2.05, 4.69) is 0 Å². The van der Waals surface area contributed by atoms with Gasteiger partial charge in [0.2, 0.25) is 0 Å². The van der Waals surface area contributed by atoms with Crippen molar-refractivity contribution in [3.63, 3.8) is 0 Å². The van der Waals surface area contributed by atoms with E-state index in [1.165, 1.54) is 12.1 Å². The Morgan fingerprint density at radius 1 is 0.952 bits per heavy atom. The van der Waals surface area contributed by atoms with Crippen molar-refractivity contribution in [1.82, 2.24) is 0 Å². The Bertz CT molecular complexity index is 615. The van der Waals surface area contributed by atoms with E-state index >= 15 is 0 Å². The number of carbonyl (C=O) groups excluding carboxylic acids is 1. The zero-order valence-corrected chi connectivity index (χ0v) is 11.7. The van der Waals surface area contributed by atoms with E-state index in [1.54, 1.807) is 24.3 Å². The molecular weight excluding hydrogens is 301 g/mol. The van der Waals surface area contributed by atoms with Crippen molar-refractivity contribution in [2.75, 3.05) is 0 Å². The lowest BCUT2D eigenvalue weighted by Crippen LogP contribution is -2.05. The number of aryl methyl sites for hydroxylation is 1. The average molecular weight is 313 g/mol. The van der Waals surface area contributed by atoms with E-state index < -0.39 is 11.7 Å². The SMILES string of the molecule is O=C(CCc1ccc(C(F)(F)F)cc1)c1ccc(Cl)cc1. The molecule has 2 rings (SSSR count). The Labute approximate surface area is 125 Å². The summed E-state index contributed by atoms with van der Waals surface area (Å²) in [4.78, 5) is 11.9. The van der Waals surface area contributed by atoms with Crippen molar-refractivity contribution in [3.05, 3.63) is 70.2 Å². The number of carbonyl (C=O) groups is 1. The summed E-state index contributed by atoms with van der Waals surface area (Å²) in [5.41, 5.74) is 0.562. The van der Waals surface area contributed by atoms with Crippen LogP contribution in [0.2, 0.25) is 5.02 Å². The van der Waals surface area contributed by atoms with Gasteiger partial charge in [0.1, 0.15) is 0 Å². The molecule has 0 aliphatic carbocycles. The molecule has 5 heteroatoms. The number of rotatable bonds is 4. The second-order valence-corrected chi connectivity index (χ2v) is 5.06. The van der Waals surface area contributed by atoms with Gasteiger partial charge in [-0.2, -0.15) is 13.2 Å². The molecule has 0 unspecified atom stereocenters. The number of halogens is 4. The summed E-state index contributed by atoms with van der Waals surface area (Å²) in [6, 6.07) is 11.4. The first-order chi connectivity index (χ1) is 9.86. The Hall–Kier alpha value is -1.81. The Morgan fingerprint density at radius 3 is 2.05 bits per heavy atom. The average Bonchev–Trinajstić information content (AvgIpc) is 2.45. The fourth-order valence-electron chi connectivity index (χ4n) is 1.90. The minimum atomic E-state index is -4.34. The highest BCUT2D eigenvalue weighted by Crippen LogP contribution is 2.29. The molecule has 0 saturated heterocycles. The van der Waals surface area contributed by atoms with E-state index in [0.29, 0.717) is 22.6 Å². The molecule has 2 aromatic carbocycles. The number of hydrogen-bond acceptors (Lipinski definition) is 1. The van der Waals surface area contributed by atoms with Crippen molar-refractivity contribution in [1.29, 1.82) is 0 Å². The van der Waals surface area contributed by atoms with Gasteiger partial charge in [-0.05, 0) is 48.4 Å². The number of hydrogen-bond donors (Lipinski definition) is 0. The van der Waals surface area contributed by atoms with Crippen LogP contribution >= 0.6 is 11.6 Å². The molecule has 0 saturated carbocycles. The molecule has 0 aromatic heterocycles. The lowest BCUT2D eigenvalue weighted by atomic mass is 10.0. The molecule has 0 atom stereocenters. The monoisotopic (exact) mass is 312 g/mol. The maximum absolute atomic E-state index is 12.4. The summed E-state index contributed by atoms with van der Waals surface area (Å²) >= 11 is 5.74. The van der Waals surface area contributed by atoms with E-state index in [0.717, 1.165) is 12.1 Å². The summed E-state index contributed by atoms with van der Waals surface area (Å²) < 4.78 is 37.3. The summed E-state index contributed by atoms with van der Waals surface area (Å²) in [5.74, 6) is -0.0634. The van der Waals surface area contributed by atoms with Crippen LogP contribution in [-0.2, 0) is 12.6 Å². The molecule has 0 amide bonds. The quantitative estimate of drug-likeness (QED) is 0.711. The standard InChI is InChI=1S/C16H12ClF3O/c17-14-8-4-12(5-9-14)15(21)10-3-11-1-6-13(7-2-11)16(18,19)20/h1-2,4-9H,3,10H2. The summed E-state index contributed by atoms with van der Waals surface area (Å²) in [6.07, 6.45) is -3.69. The van der Waals surface area contributed by atoms with Crippen LogP contribution in [0, 0.1) is 0 Å². The second-order valence-electron chi connectivity index (χ2n) is 4.62. The smallest absolute Gasteiger partial charge is 0.294 e. The van der Waals surface area contributed by atoms with Gasteiger partial charge in [0.25, 0.3) is 0 Å². The first kappa shape index (κ1) is 15.6. The molecule has 0 N–H and O–H groups in total. The molecule has 0 heterocycles. The molecule has 0 aliphatic rings. The van der Waals surface area contributed by atoms with E-state index in [9.17, 15) is 18.0 Å². The highest BCUT2D eigenvalue weighted by Gasteiger charge is 2.29. The van der Waals surface area contributed by atoms with E-state index in [-0.39, 0.29) is 12.2 Å². The van der Waals surface area contributed by atoms with Crippen LogP contribution in [0.25, 0.3) is 0 Å². The molecule has 0 fully saturated rings. The molecule has 0 spiro atoms. The first-order valence-electron chi connectivity index (χ1n) is 6.31. The number of ketones is 1. The third kappa shape index (κ3) is 4.33. The molecule has 0 radical (unpaired) electrons. The highest BCUT2D eigenvalue weighted by atomic mass is 35.5. The van der Waals surface area contributed by atoms with Crippen molar-refractivity contribution >= 4 is 17.4 Å². The lowest BCUT2D eigenvalue weighted by Gasteiger charge is -2.07. The van der Waals surface area contributed by atoms with Crippen molar-refractivity contribution in [3.8, 4) is 0 Å². The topological polar surface area (TPSA) is 17.1 Å². The summed E-state index contributed by atoms with van der Waals surface area (Å²) in [6.45, 7) is 0. The number of alkyl halides is 3. The zero-order valence-electron chi connectivity index (χ0n) is 11.0. The fourth-order valence-corrected chi connectivity index (χ4v) is 2.02. The van der Waals surface area contributed by atoms with Gasteiger partial charge in [0.05, 0.1) is 5.56 Å². The van der Waals surface area contributed by atoms with Gasteiger partial charge in [-0.3, -0.25) is 4.79 Å². The minimum Gasteiger partial charge on any atom is -0.294 e. The predicted octanol–water partition coefficient (Wildman–Crippen LogP) is 5.17. The van der Waals surface area contributed by atoms with E-state index in [4.69, 9.17) is 11.6 Å². The van der Waals surface area contributed by atoms with Gasteiger partial charge in [-0.1, -0.05) is 23.7 Å². The summed E-state index contributed by atoms with van der Waals surface area (Å²) in [7, 11) is 0. The zero-order chi connectivity index (χ0) is 15.5. The van der Waals surface area contributed by atoms with Gasteiger partial charge in [0, 0.05) is 17.0 Å². The van der Waals surface area contributed by atoms with Crippen molar-refractivity contribution in [2.45, 2.75) is 19.0 Å². The number of benzene rings is 2. The molecule has 2 aromatic rings. The summed E-state index contributed by atoms with van der Waals surface area (Å²) in [5, 5.41) is 0.550. The Balaban J connectivity index is 1.97. The van der Waals surface area contributed by atoms with Crippen LogP contribution < -0.4 is 0 Å². The van der Waals surface area contributed by atoms with Crippen LogP contribution in [-0.4, -0.2) is 5.78 Å². The minimum absolute atomic E-state index is 0.0634. The third-order valence-electron chi connectivity index (χ3n) is 3.09. The van der Waals surface area contributed by atoms with Crippen molar-refractivity contribution in [2.24, 2.45) is 0 Å². The second kappa shape index (κ2) is 6.31. The van der Waals surface area contributed by atoms with E-state index in [1.807, 2.05) is 0 Å². The molecule has 1 nitrogen and oxygen atoms in total. The van der Waals surface area contributed by atoms with Crippen molar-refractivity contribution < 1.29 is 18.0 Å². The molecular formula is C16H12ClF3O. The normalized spacial score (nSPS) is 11.4. The van der Waals surface area contributed by atoms with Crippen LogP contribution in [0.15, 0.2) is 48.5 Å². The molecule has 0 bridgehead atoms. The van der Waals surface area contributed by atoms with Gasteiger partial charge in [-0.15, -0.1) is 0 Å². The Kier molecular flexibility index (Phi) is 4.68. The van der Waals surface area contributed by atoms with Gasteiger partial charge in [0.15, 0.2) is 5.78 Å². The largest absolute Gasteiger partial charge is 0.416 e. The first-order valence-corrected chi connectivity index (χ1v) is 6.69. The molecule has 110 valence electrons. The maximum atomic E-state index is 12.4. The van der Waals surface area contributed by atoms with Crippen LogP contribution in [0.5, 0.6) is 0 Å². The third-order valence-corrected chi connectivity index (χ3v) is 3.34. The van der Waals surface area contributed by atoms with Gasteiger partial charge >= 0.3 is 6.18 Å². The fraction of sp³-hybridized carbons (Fsp3) is 0.188. The molecule has 21 heavy (non-hydrogen) atoms. The van der Waals surface area contributed by atoms with Crippen LogP contribution in [0.4, 0.5) is 13.2 Å². The maximum Gasteiger partial charge on any atom is 0.416 e. The predicted molar refractivity (Wildman–Crippen MR) is 75.5 cm³/mol. The lowest BCUT2D eigenvalue weighted by molar-refractivity contribution is -0.137. The molecule has 0 aliphatic heterocycles. The Morgan fingerprint density at radius 2 is 1.52 bits per heavy atom.